The van der Waals surface area contributed by atoms with Crippen molar-refractivity contribution in [2.45, 2.75) is 58.4 Å². The van der Waals surface area contributed by atoms with Gasteiger partial charge in [0.2, 0.25) is 11.8 Å². The molecular formula is C19H35N3O3. The van der Waals surface area contributed by atoms with E-state index in [1.165, 1.54) is 0 Å². The molecule has 2 fully saturated rings. The number of carbonyl (C=O) groups excluding carboxylic acids is 2. The Labute approximate surface area is 152 Å². The maximum Gasteiger partial charge on any atom is 0.231 e. The van der Waals surface area contributed by atoms with Gasteiger partial charge >= 0.3 is 0 Å². The lowest BCUT2D eigenvalue weighted by molar-refractivity contribution is -0.150. The summed E-state index contributed by atoms with van der Waals surface area (Å²) in [5, 5.41) is 6.44. The maximum atomic E-state index is 13.2. The van der Waals surface area contributed by atoms with Crippen LogP contribution >= 0.6 is 0 Å². The monoisotopic (exact) mass is 353 g/mol. The molecule has 0 radical (unpaired) electrons. The summed E-state index contributed by atoms with van der Waals surface area (Å²) in [6.07, 6.45) is 5.43. The SMILES string of the molecule is CCCC(C)NC(=O)C1CCCN(C(=O)C2(COC)CCNCC2)C1. The van der Waals surface area contributed by atoms with Gasteiger partial charge in [-0.3, -0.25) is 9.59 Å². The Balaban J connectivity index is 1.99. The minimum absolute atomic E-state index is 0.0849. The smallest absolute Gasteiger partial charge is 0.231 e. The Kier molecular flexibility index (Phi) is 7.69. The number of amides is 2. The van der Waals surface area contributed by atoms with Gasteiger partial charge in [0.25, 0.3) is 0 Å². The van der Waals surface area contributed by atoms with Gasteiger partial charge in [-0.2, -0.15) is 0 Å². The van der Waals surface area contributed by atoms with Crippen LogP contribution in [0.5, 0.6) is 0 Å². The van der Waals surface area contributed by atoms with Crippen LogP contribution in [0.15, 0.2) is 0 Å². The van der Waals surface area contributed by atoms with Gasteiger partial charge in [-0.15, -0.1) is 0 Å². The van der Waals surface area contributed by atoms with Crippen molar-refractivity contribution in [3.8, 4) is 0 Å². The molecule has 0 bridgehead atoms. The van der Waals surface area contributed by atoms with E-state index in [-0.39, 0.29) is 23.8 Å². The number of carbonyl (C=O) groups is 2. The predicted molar refractivity (Wildman–Crippen MR) is 98.2 cm³/mol. The lowest BCUT2D eigenvalue weighted by Gasteiger charge is -2.42. The van der Waals surface area contributed by atoms with Gasteiger partial charge in [-0.05, 0) is 52.1 Å². The Morgan fingerprint density at radius 3 is 2.72 bits per heavy atom. The van der Waals surface area contributed by atoms with E-state index >= 15 is 0 Å². The number of nitrogens with one attached hydrogen (secondary N) is 2. The third kappa shape index (κ3) is 5.17. The van der Waals surface area contributed by atoms with Gasteiger partial charge in [-0.1, -0.05) is 13.3 Å². The maximum absolute atomic E-state index is 13.2. The molecule has 0 aromatic rings. The first-order valence-electron chi connectivity index (χ1n) is 9.82. The highest BCUT2D eigenvalue weighted by atomic mass is 16.5. The molecule has 2 amide bonds. The number of ether oxygens (including phenoxy) is 1. The summed E-state index contributed by atoms with van der Waals surface area (Å²) in [7, 11) is 1.67. The number of rotatable bonds is 7. The normalized spacial score (nSPS) is 24.6. The first kappa shape index (κ1) is 20.2. The van der Waals surface area contributed by atoms with Gasteiger partial charge in [0.15, 0.2) is 0 Å². The van der Waals surface area contributed by atoms with Crippen LogP contribution in [0.25, 0.3) is 0 Å². The zero-order chi connectivity index (χ0) is 18.3. The van der Waals surface area contributed by atoms with E-state index in [1.54, 1.807) is 7.11 Å². The van der Waals surface area contributed by atoms with Crippen LogP contribution < -0.4 is 10.6 Å². The van der Waals surface area contributed by atoms with Gasteiger partial charge in [0, 0.05) is 26.2 Å². The minimum Gasteiger partial charge on any atom is -0.384 e. The fourth-order valence-electron chi connectivity index (χ4n) is 4.18. The lowest BCUT2D eigenvalue weighted by atomic mass is 9.77. The van der Waals surface area contributed by atoms with E-state index in [2.05, 4.69) is 24.5 Å². The molecule has 2 unspecified atom stereocenters. The molecule has 2 atom stereocenters. The van der Waals surface area contributed by atoms with Crippen molar-refractivity contribution in [3.05, 3.63) is 0 Å². The number of hydrogen-bond acceptors (Lipinski definition) is 4. The average molecular weight is 354 g/mol. The van der Waals surface area contributed by atoms with Crippen molar-refractivity contribution >= 4 is 11.8 Å². The van der Waals surface area contributed by atoms with E-state index in [1.807, 2.05) is 4.90 Å². The Bertz CT molecular complexity index is 444. The highest BCUT2D eigenvalue weighted by molar-refractivity contribution is 5.85. The molecule has 2 rings (SSSR count). The second-order valence-electron chi connectivity index (χ2n) is 7.75. The van der Waals surface area contributed by atoms with E-state index < -0.39 is 5.41 Å². The number of hydrogen-bond donors (Lipinski definition) is 2. The van der Waals surface area contributed by atoms with Crippen LogP contribution in [-0.2, 0) is 14.3 Å². The third-order valence-corrected chi connectivity index (χ3v) is 5.62. The molecule has 0 spiro atoms. The van der Waals surface area contributed by atoms with Crippen molar-refractivity contribution < 1.29 is 14.3 Å². The van der Waals surface area contributed by atoms with Crippen LogP contribution in [0.3, 0.4) is 0 Å². The minimum atomic E-state index is -0.423. The van der Waals surface area contributed by atoms with E-state index in [0.717, 1.165) is 58.2 Å². The third-order valence-electron chi connectivity index (χ3n) is 5.62. The fourth-order valence-corrected chi connectivity index (χ4v) is 4.18. The highest BCUT2D eigenvalue weighted by Gasteiger charge is 2.43. The average Bonchev–Trinajstić information content (AvgIpc) is 2.62. The van der Waals surface area contributed by atoms with Crippen LogP contribution in [-0.4, -0.2) is 62.7 Å². The second-order valence-corrected chi connectivity index (χ2v) is 7.75. The van der Waals surface area contributed by atoms with Gasteiger partial charge in [-0.25, -0.2) is 0 Å². The molecule has 2 saturated heterocycles. The summed E-state index contributed by atoms with van der Waals surface area (Å²) in [6, 6.07) is 0.202. The zero-order valence-corrected chi connectivity index (χ0v) is 16.1. The topological polar surface area (TPSA) is 70.7 Å². The van der Waals surface area contributed by atoms with E-state index in [4.69, 9.17) is 4.74 Å². The van der Waals surface area contributed by atoms with Crippen LogP contribution in [0.4, 0.5) is 0 Å². The van der Waals surface area contributed by atoms with E-state index in [9.17, 15) is 9.59 Å². The summed E-state index contributed by atoms with van der Waals surface area (Å²) >= 11 is 0. The molecule has 144 valence electrons. The molecule has 0 aromatic heterocycles. The molecule has 0 aliphatic carbocycles. The number of piperidine rings is 2. The van der Waals surface area contributed by atoms with Crippen molar-refractivity contribution in [3.63, 3.8) is 0 Å². The molecule has 6 heteroatoms. The van der Waals surface area contributed by atoms with Crippen molar-refractivity contribution in [2.24, 2.45) is 11.3 Å². The molecular weight excluding hydrogens is 318 g/mol. The standard InChI is InChI=1S/C19H35N3O3/c1-4-6-15(2)21-17(23)16-7-5-12-22(13-16)18(24)19(14-25-3)8-10-20-11-9-19/h15-16,20H,4-14H2,1-3H3,(H,21,23). The summed E-state index contributed by atoms with van der Waals surface area (Å²) in [6.45, 7) is 7.64. The molecule has 2 N–H and O–H groups in total. The summed E-state index contributed by atoms with van der Waals surface area (Å²) in [5.74, 6) is 0.192. The number of methoxy groups -OCH3 is 1. The van der Waals surface area contributed by atoms with Crippen molar-refractivity contribution in [1.82, 2.24) is 15.5 Å². The second kappa shape index (κ2) is 9.53. The molecule has 0 aromatic carbocycles. The van der Waals surface area contributed by atoms with Crippen molar-refractivity contribution in [2.75, 3.05) is 39.9 Å². The summed E-state index contributed by atoms with van der Waals surface area (Å²) in [4.78, 5) is 27.7. The van der Waals surface area contributed by atoms with E-state index in [0.29, 0.717) is 13.2 Å². The van der Waals surface area contributed by atoms with Gasteiger partial charge in [0.1, 0.15) is 0 Å². The zero-order valence-electron chi connectivity index (χ0n) is 16.1. The Morgan fingerprint density at radius 1 is 1.36 bits per heavy atom. The number of likely N-dealkylation sites (tertiary alicyclic amines) is 1. The predicted octanol–water partition coefficient (Wildman–Crippen LogP) is 1.55. The first-order chi connectivity index (χ1) is 12.0. The van der Waals surface area contributed by atoms with Gasteiger partial charge < -0.3 is 20.3 Å². The number of nitrogens with zero attached hydrogens (tertiary/aromatic N) is 1. The van der Waals surface area contributed by atoms with Gasteiger partial charge in [0.05, 0.1) is 17.9 Å². The molecule has 2 aliphatic rings. The summed E-state index contributed by atoms with van der Waals surface area (Å²) in [5.41, 5.74) is -0.423. The highest BCUT2D eigenvalue weighted by Crippen LogP contribution is 2.33. The Morgan fingerprint density at radius 2 is 2.08 bits per heavy atom. The van der Waals surface area contributed by atoms with Crippen molar-refractivity contribution in [1.29, 1.82) is 0 Å². The van der Waals surface area contributed by atoms with Crippen LogP contribution in [0, 0.1) is 11.3 Å². The van der Waals surface area contributed by atoms with Crippen LogP contribution in [0.2, 0.25) is 0 Å². The van der Waals surface area contributed by atoms with Crippen LogP contribution in [0.1, 0.15) is 52.4 Å². The molecule has 0 saturated carbocycles. The first-order valence-corrected chi connectivity index (χ1v) is 9.82. The quantitative estimate of drug-likeness (QED) is 0.728. The molecule has 2 heterocycles. The Hall–Kier alpha value is -1.14. The largest absolute Gasteiger partial charge is 0.384 e. The summed E-state index contributed by atoms with van der Waals surface area (Å²) < 4.78 is 5.40. The fraction of sp³-hybridized carbons (Fsp3) is 0.895. The molecule has 2 aliphatic heterocycles. The molecule has 6 nitrogen and oxygen atoms in total. The lowest BCUT2D eigenvalue weighted by Crippen LogP contribution is -2.55. The molecule has 25 heavy (non-hydrogen) atoms.